The Labute approximate surface area is 188 Å². The Bertz CT molecular complexity index is 1080. The van der Waals surface area contributed by atoms with Crippen molar-refractivity contribution in [1.29, 1.82) is 0 Å². The van der Waals surface area contributed by atoms with E-state index in [9.17, 15) is 5.11 Å². The van der Waals surface area contributed by atoms with Crippen molar-refractivity contribution in [3.05, 3.63) is 96.4 Å². The standard InChI is InChI=1S/C26H29N5O/c32-23(19-31-20-28-24-12-7-13-27-26(24)31)18-29-14-16-30(17-15-29)25(21-8-3-1-4-9-21)22-10-5-2-6-11-22/h1-13,20,23,25,32H,14-19H2. The average Bonchev–Trinajstić information content (AvgIpc) is 3.24. The molecule has 1 aliphatic heterocycles. The van der Waals surface area contributed by atoms with E-state index < -0.39 is 6.10 Å². The summed E-state index contributed by atoms with van der Waals surface area (Å²) in [5.74, 6) is 0. The molecule has 0 spiro atoms. The summed E-state index contributed by atoms with van der Waals surface area (Å²) in [4.78, 5) is 13.7. The predicted molar refractivity (Wildman–Crippen MR) is 126 cm³/mol. The number of fused-ring (bicyclic) bond motifs is 1. The molecule has 1 unspecified atom stereocenters. The van der Waals surface area contributed by atoms with Gasteiger partial charge in [0.25, 0.3) is 0 Å². The van der Waals surface area contributed by atoms with Crippen LogP contribution in [-0.4, -0.2) is 68.3 Å². The summed E-state index contributed by atoms with van der Waals surface area (Å²) < 4.78 is 1.94. The molecule has 32 heavy (non-hydrogen) atoms. The van der Waals surface area contributed by atoms with Crippen LogP contribution in [0.25, 0.3) is 11.2 Å². The van der Waals surface area contributed by atoms with E-state index in [-0.39, 0.29) is 6.04 Å². The molecule has 164 valence electrons. The highest BCUT2D eigenvalue weighted by Gasteiger charge is 2.27. The van der Waals surface area contributed by atoms with Gasteiger partial charge in [-0.15, -0.1) is 0 Å². The molecule has 5 rings (SSSR count). The minimum atomic E-state index is -0.458. The van der Waals surface area contributed by atoms with Crippen LogP contribution >= 0.6 is 0 Å². The van der Waals surface area contributed by atoms with Crippen molar-refractivity contribution < 1.29 is 5.11 Å². The number of nitrogens with zero attached hydrogens (tertiary/aromatic N) is 5. The van der Waals surface area contributed by atoms with Crippen molar-refractivity contribution in [2.45, 2.75) is 18.7 Å². The number of imidazole rings is 1. The zero-order chi connectivity index (χ0) is 21.8. The van der Waals surface area contributed by atoms with Gasteiger partial charge in [0.05, 0.1) is 25.0 Å². The van der Waals surface area contributed by atoms with E-state index in [2.05, 4.69) is 80.4 Å². The van der Waals surface area contributed by atoms with Crippen molar-refractivity contribution in [1.82, 2.24) is 24.3 Å². The first-order chi connectivity index (χ1) is 15.8. The maximum atomic E-state index is 10.7. The largest absolute Gasteiger partial charge is 0.390 e. The van der Waals surface area contributed by atoms with E-state index >= 15 is 0 Å². The molecule has 0 amide bonds. The van der Waals surface area contributed by atoms with Gasteiger partial charge in [0.15, 0.2) is 5.65 Å². The lowest BCUT2D eigenvalue weighted by atomic mass is 9.96. The highest BCUT2D eigenvalue weighted by molar-refractivity contribution is 5.69. The van der Waals surface area contributed by atoms with Crippen LogP contribution in [0.5, 0.6) is 0 Å². The average molecular weight is 428 g/mol. The molecule has 2 aromatic heterocycles. The van der Waals surface area contributed by atoms with Crippen molar-refractivity contribution in [2.24, 2.45) is 0 Å². The molecule has 1 aliphatic rings. The Morgan fingerprint density at radius 3 is 2.06 bits per heavy atom. The lowest BCUT2D eigenvalue weighted by molar-refractivity contribution is 0.0560. The number of benzene rings is 2. The van der Waals surface area contributed by atoms with Crippen molar-refractivity contribution >= 4 is 11.2 Å². The molecule has 1 N–H and O–H groups in total. The van der Waals surface area contributed by atoms with Gasteiger partial charge >= 0.3 is 0 Å². The summed E-state index contributed by atoms with van der Waals surface area (Å²) >= 11 is 0. The minimum absolute atomic E-state index is 0.257. The molecule has 2 aromatic carbocycles. The molecule has 6 heteroatoms. The van der Waals surface area contributed by atoms with Gasteiger partial charge in [-0.25, -0.2) is 9.97 Å². The Hall–Kier alpha value is -3.06. The summed E-state index contributed by atoms with van der Waals surface area (Å²) in [6.07, 6.45) is 3.07. The van der Waals surface area contributed by atoms with E-state index in [0.29, 0.717) is 13.1 Å². The highest BCUT2D eigenvalue weighted by atomic mass is 16.3. The van der Waals surface area contributed by atoms with Crippen LogP contribution in [0.1, 0.15) is 17.2 Å². The van der Waals surface area contributed by atoms with Crippen LogP contribution in [0, 0.1) is 0 Å². The number of hydrogen-bond donors (Lipinski definition) is 1. The number of aliphatic hydroxyl groups is 1. The van der Waals surface area contributed by atoms with E-state index in [1.165, 1.54) is 11.1 Å². The summed E-state index contributed by atoms with van der Waals surface area (Å²) in [7, 11) is 0. The van der Waals surface area contributed by atoms with E-state index in [1.807, 2.05) is 16.7 Å². The highest BCUT2D eigenvalue weighted by Crippen LogP contribution is 2.29. The molecule has 6 nitrogen and oxygen atoms in total. The molecule has 1 saturated heterocycles. The Morgan fingerprint density at radius 1 is 0.750 bits per heavy atom. The zero-order valence-corrected chi connectivity index (χ0v) is 18.2. The number of aliphatic hydroxyl groups excluding tert-OH is 1. The Morgan fingerprint density at radius 2 is 1.41 bits per heavy atom. The first kappa shape index (κ1) is 20.8. The van der Waals surface area contributed by atoms with Gasteiger partial charge in [-0.3, -0.25) is 9.80 Å². The molecule has 1 atom stereocenters. The van der Waals surface area contributed by atoms with Gasteiger partial charge in [-0.1, -0.05) is 60.7 Å². The second-order valence-electron chi connectivity index (χ2n) is 8.46. The molecule has 3 heterocycles. The van der Waals surface area contributed by atoms with E-state index in [4.69, 9.17) is 0 Å². The maximum Gasteiger partial charge on any atom is 0.159 e. The van der Waals surface area contributed by atoms with Gasteiger partial charge in [-0.05, 0) is 23.3 Å². The Kier molecular flexibility index (Phi) is 6.25. The molecular formula is C26H29N5O. The monoisotopic (exact) mass is 427 g/mol. The molecule has 1 fully saturated rings. The van der Waals surface area contributed by atoms with Gasteiger partial charge < -0.3 is 9.67 Å². The number of pyridine rings is 1. The quantitative estimate of drug-likeness (QED) is 0.491. The van der Waals surface area contributed by atoms with Crippen molar-refractivity contribution in [3.8, 4) is 0 Å². The fourth-order valence-corrected chi connectivity index (χ4v) is 4.70. The fraction of sp³-hybridized carbons (Fsp3) is 0.308. The summed E-state index contributed by atoms with van der Waals surface area (Å²) in [5.41, 5.74) is 4.34. The molecule has 0 saturated carbocycles. The summed E-state index contributed by atoms with van der Waals surface area (Å²) in [6.45, 7) is 4.98. The Balaban J connectivity index is 1.22. The third-order valence-corrected chi connectivity index (χ3v) is 6.25. The van der Waals surface area contributed by atoms with E-state index in [0.717, 1.165) is 37.3 Å². The third-order valence-electron chi connectivity index (χ3n) is 6.25. The zero-order valence-electron chi connectivity index (χ0n) is 18.2. The number of β-amino-alcohol motifs (C(OH)–C–C–N with tert-alkyl or cyclic N) is 1. The van der Waals surface area contributed by atoms with Crippen LogP contribution in [0.3, 0.4) is 0 Å². The molecule has 0 bridgehead atoms. The molecule has 4 aromatic rings. The van der Waals surface area contributed by atoms with Crippen LogP contribution in [0.15, 0.2) is 85.3 Å². The van der Waals surface area contributed by atoms with Crippen LogP contribution < -0.4 is 0 Å². The first-order valence-corrected chi connectivity index (χ1v) is 11.3. The smallest absolute Gasteiger partial charge is 0.159 e. The number of aromatic nitrogens is 3. The second-order valence-corrected chi connectivity index (χ2v) is 8.46. The summed E-state index contributed by atoms with van der Waals surface area (Å²) in [5, 5.41) is 10.7. The minimum Gasteiger partial charge on any atom is -0.390 e. The lowest BCUT2D eigenvalue weighted by Crippen LogP contribution is -2.50. The molecule has 0 aliphatic carbocycles. The van der Waals surface area contributed by atoms with Gasteiger partial charge in [0.1, 0.15) is 5.52 Å². The second kappa shape index (κ2) is 9.61. The fourth-order valence-electron chi connectivity index (χ4n) is 4.70. The predicted octanol–water partition coefficient (Wildman–Crippen LogP) is 3.20. The normalized spacial score (nSPS) is 16.6. The first-order valence-electron chi connectivity index (χ1n) is 11.3. The number of rotatable bonds is 7. The van der Waals surface area contributed by atoms with Gasteiger partial charge in [-0.2, -0.15) is 0 Å². The van der Waals surface area contributed by atoms with Gasteiger partial charge in [0, 0.05) is 38.9 Å². The van der Waals surface area contributed by atoms with Crippen LogP contribution in [0.2, 0.25) is 0 Å². The molecule has 0 radical (unpaired) electrons. The topological polar surface area (TPSA) is 57.4 Å². The number of piperazine rings is 1. The van der Waals surface area contributed by atoms with Crippen LogP contribution in [-0.2, 0) is 6.54 Å². The number of hydrogen-bond acceptors (Lipinski definition) is 5. The van der Waals surface area contributed by atoms with Crippen molar-refractivity contribution in [2.75, 3.05) is 32.7 Å². The SMILES string of the molecule is OC(CN1CCN(C(c2ccccc2)c2ccccc2)CC1)Cn1cnc2cccnc21. The maximum absolute atomic E-state index is 10.7. The third kappa shape index (κ3) is 4.58. The summed E-state index contributed by atoms with van der Waals surface area (Å²) in [6, 6.07) is 25.6. The van der Waals surface area contributed by atoms with Gasteiger partial charge in [0.2, 0.25) is 0 Å². The van der Waals surface area contributed by atoms with E-state index in [1.54, 1.807) is 12.5 Å². The van der Waals surface area contributed by atoms with Crippen molar-refractivity contribution in [3.63, 3.8) is 0 Å². The lowest BCUT2D eigenvalue weighted by Gasteiger charge is -2.40. The van der Waals surface area contributed by atoms with Crippen LogP contribution in [0.4, 0.5) is 0 Å². The molecular weight excluding hydrogens is 398 g/mol.